The highest BCUT2D eigenvalue weighted by Gasteiger charge is 2.37. The predicted molar refractivity (Wildman–Crippen MR) is 236 cm³/mol. The van der Waals surface area contributed by atoms with Gasteiger partial charge in [0.05, 0.1) is 0 Å². The van der Waals surface area contributed by atoms with Gasteiger partial charge < -0.3 is 0 Å². The van der Waals surface area contributed by atoms with Crippen LogP contribution in [0.5, 0.6) is 0 Å². The molecule has 0 amide bonds. The van der Waals surface area contributed by atoms with Crippen LogP contribution in [-0.4, -0.2) is 0 Å². The molecule has 0 heterocycles. The molecule has 0 bridgehead atoms. The van der Waals surface area contributed by atoms with Gasteiger partial charge in [-0.25, -0.2) is 0 Å². The molecule has 0 heteroatoms. The highest BCUT2D eigenvalue weighted by atomic mass is 14.4. The van der Waals surface area contributed by atoms with Crippen LogP contribution in [0, 0.1) is 0 Å². The van der Waals surface area contributed by atoms with Gasteiger partial charge in [0.2, 0.25) is 0 Å². The first kappa shape index (κ1) is 31.7. The minimum Gasteiger partial charge on any atom is -0.0622 e. The van der Waals surface area contributed by atoms with Gasteiger partial charge in [-0.3, -0.25) is 0 Å². The van der Waals surface area contributed by atoms with E-state index in [2.05, 4.69) is 208 Å². The van der Waals surface area contributed by atoms with Crippen LogP contribution < -0.4 is 0 Å². The second kappa shape index (κ2) is 12.1. The molecular formula is C55H38. The third kappa shape index (κ3) is 4.71. The molecule has 0 atom stereocenters. The van der Waals surface area contributed by atoms with Crippen molar-refractivity contribution in [3.05, 3.63) is 205 Å². The molecule has 10 aromatic rings. The van der Waals surface area contributed by atoms with E-state index in [0.29, 0.717) is 0 Å². The van der Waals surface area contributed by atoms with E-state index >= 15 is 0 Å². The molecule has 0 aromatic heterocycles. The molecule has 55 heavy (non-hydrogen) atoms. The van der Waals surface area contributed by atoms with Crippen molar-refractivity contribution < 1.29 is 0 Å². The summed E-state index contributed by atoms with van der Waals surface area (Å²) >= 11 is 0. The van der Waals surface area contributed by atoms with Crippen molar-refractivity contribution in [3.63, 3.8) is 0 Å². The van der Waals surface area contributed by atoms with Crippen molar-refractivity contribution in [1.29, 1.82) is 0 Å². The third-order valence-corrected chi connectivity index (χ3v) is 12.2. The number of benzene rings is 10. The maximum atomic E-state index is 2.48. The van der Waals surface area contributed by atoms with Gasteiger partial charge in [-0.2, -0.15) is 0 Å². The SMILES string of the molecule is CC1(C)c2ccccc2-c2c1cc(-c1cccc(-c3ccccc3-c3c4ccccc4c(-c4ccccc4)c4c3ccc3ccccc34)c1)c1ccccc21. The van der Waals surface area contributed by atoms with E-state index in [1.807, 2.05) is 0 Å². The molecule has 0 N–H and O–H groups in total. The molecule has 0 radical (unpaired) electrons. The quantitative estimate of drug-likeness (QED) is 0.127. The number of hydrogen-bond donors (Lipinski definition) is 0. The summed E-state index contributed by atoms with van der Waals surface area (Å²) in [5.41, 5.74) is 15.5. The van der Waals surface area contributed by atoms with E-state index in [1.165, 1.54) is 110 Å². The lowest BCUT2D eigenvalue weighted by Crippen LogP contribution is -2.15. The highest BCUT2D eigenvalue weighted by Crippen LogP contribution is 2.54. The Kier molecular flexibility index (Phi) is 7.00. The summed E-state index contributed by atoms with van der Waals surface area (Å²) in [7, 11) is 0. The van der Waals surface area contributed by atoms with Gasteiger partial charge in [-0.1, -0.05) is 196 Å². The van der Waals surface area contributed by atoms with Gasteiger partial charge in [0.1, 0.15) is 0 Å². The Morgan fingerprint density at radius 1 is 0.291 bits per heavy atom. The fourth-order valence-electron chi connectivity index (χ4n) is 9.74. The second-order valence-corrected chi connectivity index (χ2v) is 15.6. The van der Waals surface area contributed by atoms with Crippen LogP contribution in [0.1, 0.15) is 25.0 Å². The second-order valence-electron chi connectivity index (χ2n) is 15.6. The average molecular weight is 699 g/mol. The van der Waals surface area contributed by atoms with Gasteiger partial charge in [0, 0.05) is 5.41 Å². The molecule has 258 valence electrons. The summed E-state index contributed by atoms with van der Waals surface area (Å²) in [6.07, 6.45) is 0. The summed E-state index contributed by atoms with van der Waals surface area (Å²) in [5.74, 6) is 0. The lowest BCUT2D eigenvalue weighted by Gasteiger charge is -2.23. The van der Waals surface area contributed by atoms with Crippen LogP contribution in [0.2, 0.25) is 0 Å². The van der Waals surface area contributed by atoms with E-state index in [9.17, 15) is 0 Å². The Hall–Kier alpha value is -6.76. The van der Waals surface area contributed by atoms with E-state index in [1.54, 1.807) is 0 Å². The Morgan fingerprint density at radius 2 is 0.836 bits per heavy atom. The largest absolute Gasteiger partial charge is 0.0622 e. The lowest BCUT2D eigenvalue weighted by molar-refractivity contribution is 0.661. The van der Waals surface area contributed by atoms with Gasteiger partial charge in [-0.05, 0) is 122 Å². The zero-order valence-electron chi connectivity index (χ0n) is 31.0. The molecule has 0 nitrogen and oxygen atoms in total. The molecule has 0 aliphatic heterocycles. The first-order valence-corrected chi connectivity index (χ1v) is 19.4. The smallest absolute Gasteiger partial charge is 0.0159 e. The number of fused-ring (bicyclic) bond motifs is 9. The van der Waals surface area contributed by atoms with Crippen molar-refractivity contribution in [2.45, 2.75) is 19.3 Å². The maximum Gasteiger partial charge on any atom is 0.0159 e. The number of rotatable bonds is 4. The zero-order valence-corrected chi connectivity index (χ0v) is 31.0. The molecule has 0 fully saturated rings. The summed E-state index contributed by atoms with van der Waals surface area (Å²) in [6.45, 7) is 4.76. The van der Waals surface area contributed by atoms with Crippen molar-refractivity contribution in [3.8, 4) is 55.6 Å². The van der Waals surface area contributed by atoms with Crippen LogP contribution in [0.4, 0.5) is 0 Å². The Bertz CT molecular complexity index is 3160. The van der Waals surface area contributed by atoms with Gasteiger partial charge in [0.25, 0.3) is 0 Å². The first-order valence-electron chi connectivity index (χ1n) is 19.4. The van der Waals surface area contributed by atoms with Crippen molar-refractivity contribution in [2.75, 3.05) is 0 Å². The molecule has 0 unspecified atom stereocenters. The zero-order chi connectivity index (χ0) is 36.7. The van der Waals surface area contributed by atoms with Crippen molar-refractivity contribution in [2.24, 2.45) is 0 Å². The molecule has 0 saturated heterocycles. The van der Waals surface area contributed by atoms with Crippen LogP contribution in [0.25, 0.3) is 98.7 Å². The highest BCUT2D eigenvalue weighted by molar-refractivity contribution is 6.28. The van der Waals surface area contributed by atoms with Gasteiger partial charge in [-0.15, -0.1) is 0 Å². The minimum absolute atomic E-state index is 0.0902. The van der Waals surface area contributed by atoms with Crippen molar-refractivity contribution >= 4 is 43.1 Å². The fourth-order valence-corrected chi connectivity index (χ4v) is 9.74. The summed E-state index contributed by atoms with van der Waals surface area (Å²) < 4.78 is 0. The van der Waals surface area contributed by atoms with Gasteiger partial charge in [0.15, 0.2) is 0 Å². The molecular weight excluding hydrogens is 661 g/mol. The maximum absolute atomic E-state index is 2.48. The molecule has 1 aliphatic rings. The minimum atomic E-state index is -0.0902. The van der Waals surface area contributed by atoms with Crippen LogP contribution in [-0.2, 0) is 5.41 Å². The normalized spacial score (nSPS) is 13.1. The molecule has 0 spiro atoms. The van der Waals surface area contributed by atoms with Crippen LogP contribution in [0.15, 0.2) is 194 Å². The van der Waals surface area contributed by atoms with Crippen LogP contribution >= 0.6 is 0 Å². The molecule has 10 aromatic carbocycles. The Balaban J connectivity index is 1.17. The molecule has 11 rings (SSSR count). The summed E-state index contributed by atoms with van der Waals surface area (Å²) in [5, 5.41) is 10.2. The number of hydrogen-bond acceptors (Lipinski definition) is 0. The van der Waals surface area contributed by atoms with Gasteiger partial charge >= 0.3 is 0 Å². The Morgan fingerprint density at radius 3 is 1.60 bits per heavy atom. The van der Waals surface area contributed by atoms with E-state index in [0.717, 1.165) is 0 Å². The van der Waals surface area contributed by atoms with E-state index in [4.69, 9.17) is 0 Å². The summed E-state index contributed by atoms with van der Waals surface area (Å²) in [4.78, 5) is 0. The predicted octanol–water partition coefficient (Wildman–Crippen LogP) is 15.3. The monoisotopic (exact) mass is 698 g/mol. The molecule has 1 aliphatic carbocycles. The van der Waals surface area contributed by atoms with E-state index < -0.39 is 0 Å². The van der Waals surface area contributed by atoms with Crippen molar-refractivity contribution in [1.82, 2.24) is 0 Å². The third-order valence-electron chi connectivity index (χ3n) is 12.2. The average Bonchev–Trinajstić information content (AvgIpc) is 3.48. The van der Waals surface area contributed by atoms with Crippen LogP contribution in [0.3, 0.4) is 0 Å². The first-order chi connectivity index (χ1) is 27.1. The standard InChI is InChI=1S/C55H38/c1-55(2)49-30-15-14-29-46(49)53-43-26-11-9-24-41(43)48(34-50(53)55)38-21-16-20-37(33-38)39-22-8-10-25-42(39)52-45-28-13-12-27-44(45)51(36-18-4-3-5-19-36)54-40-23-7-6-17-35(40)31-32-47(52)54/h3-34H,1-2H3. The lowest BCUT2D eigenvalue weighted by atomic mass is 9.80. The Labute approximate surface area is 322 Å². The molecule has 0 saturated carbocycles. The fraction of sp³-hybridized carbons (Fsp3) is 0.0545. The summed E-state index contributed by atoms with van der Waals surface area (Å²) in [6, 6.07) is 72.1. The topological polar surface area (TPSA) is 0 Å². The van der Waals surface area contributed by atoms with E-state index in [-0.39, 0.29) is 5.41 Å².